The van der Waals surface area contributed by atoms with Crippen molar-refractivity contribution in [3.05, 3.63) is 23.0 Å². The fraction of sp³-hybridized carbons (Fsp3) is 0.538. The van der Waals surface area contributed by atoms with Gasteiger partial charge in [0.05, 0.1) is 24.0 Å². The summed E-state index contributed by atoms with van der Waals surface area (Å²) in [5, 5.41) is 11.8. The molecule has 0 aliphatic carbocycles. The third kappa shape index (κ3) is 4.40. The summed E-state index contributed by atoms with van der Waals surface area (Å²) in [5.74, 6) is 0.539. The van der Waals surface area contributed by atoms with Gasteiger partial charge in [-0.05, 0) is 27.7 Å². The lowest BCUT2D eigenvalue weighted by Crippen LogP contribution is -2.19. The summed E-state index contributed by atoms with van der Waals surface area (Å²) < 4.78 is 11.0. The molecule has 0 aliphatic rings. The van der Waals surface area contributed by atoms with Gasteiger partial charge in [-0.25, -0.2) is 0 Å². The van der Waals surface area contributed by atoms with Gasteiger partial charge in [-0.15, -0.1) is 0 Å². The highest BCUT2D eigenvalue weighted by Gasteiger charge is 2.14. The number of ether oxygens (including phenoxy) is 2. The Bertz CT molecular complexity index is 459. The summed E-state index contributed by atoms with van der Waals surface area (Å²) in [6.45, 7) is 8.45. The van der Waals surface area contributed by atoms with E-state index >= 15 is 0 Å². The first-order valence-corrected chi connectivity index (χ1v) is 6.16. The van der Waals surface area contributed by atoms with E-state index in [0.717, 1.165) is 5.69 Å². The largest absolute Gasteiger partial charge is 0.490 e. The minimum absolute atomic E-state index is 0.00946. The summed E-state index contributed by atoms with van der Waals surface area (Å²) in [5.41, 5.74) is 7.63. The molecule has 0 atom stereocenters. The minimum Gasteiger partial charge on any atom is -0.490 e. The summed E-state index contributed by atoms with van der Waals surface area (Å²) in [6.07, 6.45) is 0.160. The Morgan fingerprint density at radius 2 is 2.11 bits per heavy atom. The fourth-order valence-corrected chi connectivity index (χ4v) is 1.70. The molecule has 0 amide bonds. The van der Waals surface area contributed by atoms with Crippen molar-refractivity contribution in [3.63, 3.8) is 0 Å². The number of hydrogen-bond acceptors (Lipinski definition) is 5. The van der Waals surface area contributed by atoms with Crippen LogP contribution < -0.4 is 10.5 Å². The van der Waals surface area contributed by atoms with Gasteiger partial charge < -0.3 is 20.4 Å². The molecule has 6 heteroatoms. The lowest BCUT2D eigenvalue weighted by atomic mass is 10.1. The van der Waals surface area contributed by atoms with Crippen molar-refractivity contribution < 1.29 is 14.7 Å². The zero-order valence-electron chi connectivity index (χ0n) is 11.8. The van der Waals surface area contributed by atoms with Crippen molar-refractivity contribution in [1.82, 2.24) is 4.98 Å². The Morgan fingerprint density at radius 1 is 1.42 bits per heavy atom. The van der Waals surface area contributed by atoms with Gasteiger partial charge in [0, 0.05) is 11.8 Å². The van der Waals surface area contributed by atoms with E-state index in [0.29, 0.717) is 30.2 Å². The molecule has 1 heterocycles. The molecule has 0 spiro atoms. The molecule has 0 fully saturated rings. The zero-order chi connectivity index (χ0) is 14.4. The van der Waals surface area contributed by atoms with E-state index in [-0.39, 0.29) is 11.9 Å². The van der Waals surface area contributed by atoms with Crippen LogP contribution in [-0.4, -0.2) is 35.3 Å². The molecule has 1 aromatic rings. The van der Waals surface area contributed by atoms with Crippen molar-refractivity contribution in [2.75, 3.05) is 13.2 Å². The highest BCUT2D eigenvalue weighted by atomic mass is 16.5. The van der Waals surface area contributed by atoms with E-state index in [1.807, 2.05) is 20.8 Å². The zero-order valence-corrected chi connectivity index (χ0v) is 11.8. The average molecular weight is 267 g/mol. The van der Waals surface area contributed by atoms with Crippen LogP contribution in [0.25, 0.3) is 0 Å². The predicted molar refractivity (Wildman–Crippen MR) is 72.8 cm³/mol. The van der Waals surface area contributed by atoms with Crippen LogP contribution in [0.3, 0.4) is 0 Å². The summed E-state index contributed by atoms with van der Waals surface area (Å²) in [4.78, 5) is 4.28. The van der Waals surface area contributed by atoms with E-state index in [2.05, 4.69) is 10.1 Å². The number of hydrogen-bond donors (Lipinski definition) is 2. The van der Waals surface area contributed by atoms with Crippen molar-refractivity contribution in [2.24, 2.45) is 10.9 Å². The maximum absolute atomic E-state index is 8.81. The second-order valence-electron chi connectivity index (χ2n) is 4.48. The van der Waals surface area contributed by atoms with Crippen molar-refractivity contribution >= 4 is 5.84 Å². The number of amidine groups is 1. The van der Waals surface area contributed by atoms with Crippen LogP contribution in [0, 0.1) is 13.8 Å². The molecule has 19 heavy (non-hydrogen) atoms. The Kier molecular flexibility index (Phi) is 5.57. The first kappa shape index (κ1) is 15.2. The average Bonchev–Trinajstić information content (AvgIpc) is 2.33. The number of rotatable bonds is 6. The third-order valence-electron chi connectivity index (χ3n) is 2.45. The maximum Gasteiger partial charge on any atom is 0.175 e. The van der Waals surface area contributed by atoms with Gasteiger partial charge in [0.1, 0.15) is 12.4 Å². The van der Waals surface area contributed by atoms with Crippen LogP contribution >= 0.6 is 0 Å². The second-order valence-corrected chi connectivity index (χ2v) is 4.48. The van der Waals surface area contributed by atoms with E-state index in [1.165, 1.54) is 0 Å². The van der Waals surface area contributed by atoms with Gasteiger partial charge in [0.25, 0.3) is 0 Å². The molecule has 6 nitrogen and oxygen atoms in total. The molecule has 1 rings (SSSR count). The van der Waals surface area contributed by atoms with Crippen LogP contribution in [0.4, 0.5) is 0 Å². The van der Waals surface area contributed by atoms with Crippen LogP contribution in [-0.2, 0) is 4.74 Å². The molecule has 1 aromatic heterocycles. The fourth-order valence-electron chi connectivity index (χ4n) is 1.70. The smallest absolute Gasteiger partial charge is 0.175 e. The quantitative estimate of drug-likeness (QED) is 0.268. The molecule has 0 aromatic carbocycles. The van der Waals surface area contributed by atoms with Crippen molar-refractivity contribution in [2.45, 2.75) is 33.8 Å². The number of aromatic nitrogens is 1. The van der Waals surface area contributed by atoms with E-state index < -0.39 is 0 Å². The number of nitrogens with zero attached hydrogens (tertiary/aromatic N) is 2. The first-order chi connectivity index (χ1) is 8.95. The van der Waals surface area contributed by atoms with Crippen LogP contribution in [0.5, 0.6) is 5.75 Å². The van der Waals surface area contributed by atoms with E-state index in [1.54, 1.807) is 13.0 Å². The number of oxime groups is 1. The molecule has 0 aliphatic heterocycles. The molecule has 0 radical (unpaired) electrons. The summed E-state index contributed by atoms with van der Waals surface area (Å²) in [6, 6.07) is 1.76. The standard InChI is InChI=1S/C13H21N3O3/c1-8(2)18-5-6-19-11-7-9(3)15-10(4)12(11)13(14)16-17/h7-8,17H,5-6H2,1-4H3,(H2,14,16). The van der Waals surface area contributed by atoms with Crippen LogP contribution in [0.1, 0.15) is 30.8 Å². The van der Waals surface area contributed by atoms with E-state index in [4.69, 9.17) is 20.4 Å². The Balaban J connectivity index is 2.86. The SMILES string of the molecule is Cc1cc(OCCOC(C)C)c(/C(N)=N/O)c(C)n1. The van der Waals surface area contributed by atoms with Crippen LogP contribution in [0.2, 0.25) is 0 Å². The first-order valence-electron chi connectivity index (χ1n) is 6.16. The van der Waals surface area contributed by atoms with Crippen LogP contribution in [0.15, 0.2) is 11.2 Å². The second kappa shape index (κ2) is 6.94. The van der Waals surface area contributed by atoms with Gasteiger partial charge >= 0.3 is 0 Å². The van der Waals surface area contributed by atoms with Crippen molar-refractivity contribution in [1.29, 1.82) is 0 Å². The number of pyridine rings is 1. The highest BCUT2D eigenvalue weighted by Crippen LogP contribution is 2.22. The Labute approximate surface area is 113 Å². The molecule has 3 N–H and O–H groups in total. The van der Waals surface area contributed by atoms with Gasteiger partial charge in [0.2, 0.25) is 0 Å². The minimum atomic E-state index is -0.00946. The van der Waals surface area contributed by atoms with Gasteiger partial charge in [0.15, 0.2) is 5.84 Å². The molecule has 106 valence electrons. The lowest BCUT2D eigenvalue weighted by molar-refractivity contribution is 0.0552. The number of aryl methyl sites for hydroxylation is 2. The molecule has 0 bridgehead atoms. The Hall–Kier alpha value is -1.82. The molecular weight excluding hydrogens is 246 g/mol. The van der Waals surface area contributed by atoms with Gasteiger partial charge in [-0.1, -0.05) is 5.16 Å². The third-order valence-corrected chi connectivity index (χ3v) is 2.45. The van der Waals surface area contributed by atoms with Gasteiger partial charge in [-0.2, -0.15) is 0 Å². The molecule has 0 saturated heterocycles. The highest BCUT2D eigenvalue weighted by molar-refractivity contribution is 6.00. The Morgan fingerprint density at radius 3 is 2.68 bits per heavy atom. The normalized spacial score (nSPS) is 11.9. The molecule has 0 saturated carbocycles. The van der Waals surface area contributed by atoms with Gasteiger partial charge in [-0.3, -0.25) is 4.98 Å². The predicted octanol–water partition coefficient (Wildman–Crippen LogP) is 1.60. The summed E-state index contributed by atoms with van der Waals surface area (Å²) >= 11 is 0. The molecule has 0 unspecified atom stereocenters. The maximum atomic E-state index is 8.81. The molecular formula is C13H21N3O3. The topological polar surface area (TPSA) is 90.0 Å². The number of nitrogens with two attached hydrogens (primary N) is 1. The van der Waals surface area contributed by atoms with Crippen molar-refractivity contribution in [3.8, 4) is 5.75 Å². The monoisotopic (exact) mass is 267 g/mol. The lowest BCUT2D eigenvalue weighted by Gasteiger charge is -2.14. The summed E-state index contributed by atoms with van der Waals surface area (Å²) in [7, 11) is 0. The van der Waals surface area contributed by atoms with E-state index in [9.17, 15) is 0 Å².